The Hall–Kier alpha value is -3.09. The van der Waals surface area contributed by atoms with E-state index in [0.29, 0.717) is 28.7 Å². The lowest BCUT2D eigenvalue weighted by Gasteiger charge is -2.07. The van der Waals surface area contributed by atoms with Crippen LogP contribution in [0, 0.1) is 0 Å². The normalized spacial score (nSPS) is 11.3. The summed E-state index contributed by atoms with van der Waals surface area (Å²) in [4.78, 5) is 4.57. The van der Waals surface area contributed by atoms with Crippen molar-refractivity contribution in [2.24, 2.45) is 0 Å². The van der Waals surface area contributed by atoms with Crippen molar-refractivity contribution < 1.29 is 12.8 Å². The van der Waals surface area contributed by atoms with E-state index in [1.165, 1.54) is 12.1 Å². The summed E-state index contributed by atoms with van der Waals surface area (Å²) in [7, 11) is -3.81. The third-order valence-electron chi connectivity index (χ3n) is 4.26. The molecule has 0 amide bonds. The molecule has 29 heavy (non-hydrogen) atoms. The Morgan fingerprint density at radius 2 is 1.48 bits per heavy atom. The Morgan fingerprint density at radius 3 is 2.14 bits per heavy atom. The van der Waals surface area contributed by atoms with E-state index < -0.39 is 10.0 Å². The Morgan fingerprint density at radius 1 is 0.862 bits per heavy atom. The first kappa shape index (κ1) is 19.2. The quantitative estimate of drug-likeness (QED) is 0.450. The zero-order chi connectivity index (χ0) is 20.3. The van der Waals surface area contributed by atoms with Gasteiger partial charge in [-0.2, -0.15) is 4.98 Å². The fourth-order valence-corrected chi connectivity index (χ4v) is 4.01. The van der Waals surface area contributed by atoms with E-state index in [1.54, 1.807) is 42.5 Å². The highest BCUT2D eigenvalue weighted by Gasteiger charge is 2.22. The Balaban J connectivity index is 1.73. The topological polar surface area (TPSA) is 72.2 Å². The van der Waals surface area contributed by atoms with Gasteiger partial charge in [-0.1, -0.05) is 60.1 Å². The first-order valence-corrected chi connectivity index (χ1v) is 10.7. The highest BCUT2D eigenvalue weighted by Crippen LogP contribution is 2.32. The lowest BCUT2D eigenvalue weighted by Crippen LogP contribution is -2.13. The van der Waals surface area contributed by atoms with Crippen LogP contribution in [0.5, 0.6) is 0 Å². The SMILES string of the molecule is O=S(=O)(Nc1nc(Cc2ccccc2)oc1-c1ccc(Cl)cc1)c1ccccc1. The molecule has 4 rings (SSSR count). The van der Waals surface area contributed by atoms with Crippen LogP contribution in [0.2, 0.25) is 5.02 Å². The van der Waals surface area contributed by atoms with Gasteiger partial charge in [-0.25, -0.2) is 8.42 Å². The Bertz CT molecular complexity index is 1210. The third-order valence-corrected chi connectivity index (χ3v) is 5.87. The molecule has 0 spiro atoms. The van der Waals surface area contributed by atoms with Gasteiger partial charge in [0, 0.05) is 17.0 Å². The summed E-state index contributed by atoms with van der Waals surface area (Å²) in [5.74, 6) is 0.890. The first-order chi connectivity index (χ1) is 14.0. The zero-order valence-corrected chi connectivity index (χ0v) is 16.8. The molecule has 0 aliphatic rings. The Kier molecular flexibility index (Phi) is 5.38. The molecule has 1 N–H and O–H groups in total. The Labute approximate surface area is 174 Å². The zero-order valence-electron chi connectivity index (χ0n) is 15.2. The number of benzene rings is 3. The van der Waals surface area contributed by atoms with Crippen LogP contribution >= 0.6 is 11.6 Å². The first-order valence-electron chi connectivity index (χ1n) is 8.89. The van der Waals surface area contributed by atoms with Crippen LogP contribution in [-0.4, -0.2) is 13.4 Å². The summed E-state index contributed by atoms with van der Waals surface area (Å²) in [6, 6.07) is 24.8. The van der Waals surface area contributed by atoms with Crippen LogP contribution in [-0.2, 0) is 16.4 Å². The molecule has 0 aliphatic carbocycles. The molecule has 0 saturated carbocycles. The number of anilines is 1. The van der Waals surface area contributed by atoms with Crippen molar-refractivity contribution >= 4 is 27.4 Å². The molecule has 1 aromatic heterocycles. The van der Waals surface area contributed by atoms with E-state index in [9.17, 15) is 8.42 Å². The molecule has 0 bridgehead atoms. The molecule has 0 saturated heterocycles. The summed E-state index contributed by atoms with van der Waals surface area (Å²) < 4.78 is 34.1. The van der Waals surface area contributed by atoms with Crippen molar-refractivity contribution in [1.29, 1.82) is 0 Å². The molecule has 0 fully saturated rings. The van der Waals surface area contributed by atoms with Crippen LogP contribution in [0.15, 0.2) is 94.2 Å². The minimum Gasteiger partial charge on any atom is -0.438 e. The van der Waals surface area contributed by atoms with Gasteiger partial charge in [0.1, 0.15) is 0 Å². The van der Waals surface area contributed by atoms with Gasteiger partial charge in [0.05, 0.1) is 4.90 Å². The number of hydrogen-bond acceptors (Lipinski definition) is 4. The standard InChI is InChI=1S/C22H17ClN2O3S/c23-18-13-11-17(12-14-18)21-22(25-29(26,27)19-9-5-2-6-10-19)24-20(28-21)15-16-7-3-1-4-8-16/h1-14,25H,15H2. The van der Waals surface area contributed by atoms with Crippen molar-refractivity contribution in [3.05, 3.63) is 101 Å². The molecule has 1 heterocycles. The number of hydrogen-bond donors (Lipinski definition) is 1. The number of rotatable bonds is 6. The highest BCUT2D eigenvalue weighted by molar-refractivity contribution is 7.92. The maximum Gasteiger partial charge on any atom is 0.263 e. The molecule has 7 heteroatoms. The largest absolute Gasteiger partial charge is 0.438 e. The summed E-state index contributed by atoms with van der Waals surface area (Å²) in [6.45, 7) is 0. The predicted molar refractivity (Wildman–Crippen MR) is 113 cm³/mol. The van der Waals surface area contributed by atoms with E-state index in [1.807, 2.05) is 30.3 Å². The summed E-state index contributed by atoms with van der Waals surface area (Å²) in [5, 5.41) is 0.573. The van der Waals surface area contributed by atoms with Crippen molar-refractivity contribution in [1.82, 2.24) is 4.98 Å². The smallest absolute Gasteiger partial charge is 0.263 e. The van der Waals surface area contributed by atoms with Crippen LogP contribution in [0.1, 0.15) is 11.5 Å². The molecule has 5 nitrogen and oxygen atoms in total. The van der Waals surface area contributed by atoms with Gasteiger partial charge < -0.3 is 4.42 Å². The number of nitrogens with zero attached hydrogens (tertiary/aromatic N) is 1. The molecule has 4 aromatic rings. The van der Waals surface area contributed by atoms with Crippen molar-refractivity contribution in [2.45, 2.75) is 11.3 Å². The van der Waals surface area contributed by atoms with E-state index in [2.05, 4.69) is 9.71 Å². The lowest BCUT2D eigenvalue weighted by atomic mass is 10.1. The van der Waals surface area contributed by atoms with Crippen LogP contribution < -0.4 is 4.72 Å². The number of halogens is 1. The lowest BCUT2D eigenvalue weighted by molar-refractivity contribution is 0.519. The minimum atomic E-state index is -3.81. The minimum absolute atomic E-state index is 0.141. The fraction of sp³-hybridized carbons (Fsp3) is 0.0455. The van der Waals surface area contributed by atoms with Gasteiger partial charge in [-0.05, 0) is 42.0 Å². The number of aromatic nitrogens is 1. The fourth-order valence-electron chi connectivity index (χ4n) is 2.86. The average Bonchev–Trinajstić information content (AvgIpc) is 3.11. The number of nitrogens with one attached hydrogen (secondary N) is 1. The molecule has 0 unspecified atom stereocenters. The molecular formula is C22H17ClN2O3S. The van der Waals surface area contributed by atoms with E-state index in [4.69, 9.17) is 16.0 Å². The maximum absolute atomic E-state index is 12.8. The van der Waals surface area contributed by atoms with Gasteiger partial charge in [0.25, 0.3) is 10.0 Å². The van der Waals surface area contributed by atoms with Crippen LogP contribution in [0.4, 0.5) is 5.82 Å². The van der Waals surface area contributed by atoms with Crippen molar-refractivity contribution in [2.75, 3.05) is 4.72 Å². The van der Waals surface area contributed by atoms with Crippen LogP contribution in [0.25, 0.3) is 11.3 Å². The number of oxazole rings is 1. The van der Waals surface area contributed by atoms with Crippen LogP contribution in [0.3, 0.4) is 0 Å². The summed E-state index contributed by atoms with van der Waals surface area (Å²) in [5.41, 5.74) is 1.68. The van der Waals surface area contributed by atoms with Gasteiger partial charge >= 0.3 is 0 Å². The number of sulfonamides is 1. The molecule has 0 radical (unpaired) electrons. The monoisotopic (exact) mass is 424 g/mol. The summed E-state index contributed by atoms with van der Waals surface area (Å²) >= 11 is 5.98. The maximum atomic E-state index is 12.8. The van der Waals surface area contributed by atoms with E-state index in [0.717, 1.165) is 5.56 Å². The van der Waals surface area contributed by atoms with E-state index >= 15 is 0 Å². The molecular weight excluding hydrogens is 408 g/mol. The second-order valence-corrected chi connectivity index (χ2v) is 8.49. The molecule has 0 atom stereocenters. The van der Waals surface area contributed by atoms with Gasteiger partial charge in [-0.15, -0.1) is 0 Å². The third kappa shape index (κ3) is 4.50. The second kappa shape index (κ2) is 8.11. The van der Waals surface area contributed by atoms with Crippen molar-refractivity contribution in [3.8, 4) is 11.3 Å². The molecule has 3 aromatic carbocycles. The van der Waals surface area contributed by atoms with Gasteiger partial charge in [0.15, 0.2) is 11.6 Å². The van der Waals surface area contributed by atoms with E-state index in [-0.39, 0.29) is 10.7 Å². The molecule has 0 aliphatic heterocycles. The summed E-state index contributed by atoms with van der Waals surface area (Å²) in [6.07, 6.45) is 0.439. The highest BCUT2D eigenvalue weighted by atomic mass is 35.5. The second-order valence-electron chi connectivity index (χ2n) is 6.37. The van der Waals surface area contributed by atoms with Crippen molar-refractivity contribution in [3.63, 3.8) is 0 Å². The van der Waals surface area contributed by atoms with Gasteiger partial charge in [0.2, 0.25) is 5.89 Å². The predicted octanol–water partition coefficient (Wildman–Crippen LogP) is 5.39. The average molecular weight is 425 g/mol. The molecule has 146 valence electrons. The van der Waals surface area contributed by atoms with Gasteiger partial charge in [-0.3, -0.25) is 4.72 Å².